The van der Waals surface area contributed by atoms with Gasteiger partial charge in [-0.05, 0) is 35.7 Å². The number of hydrogen-bond donors (Lipinski definition) is 2. The zero-order valence-corrected chi connectivity index (χ0v) is 12.6. The molecule has 0 aliphatic carbocycles. The minimum Gasteiger partial charge on any atom is -0.478 e. The van der Waals surface area contributed by atoms with Crippen LogP contribution in [-0.2, 0) is 0 Å². The van der Waals surface area contributed by atoms with E-state index in [0.717, 1.165) is 21.8 Å². The van der Waals surface area contributed by atoms with Gasteiger partial charge in [0.05, 0.1) is 11.1 Å². The lowest BCUT2D eigenvalue weighted by Crippen LogP contribution is -1.99. The largest absolute Gasteiger partial charge is 0.478 e. The van der Waals surface area contributed by atoms with Crippen LogP contribution < -0.4 is 5.32 Å². The molecular weight excluding hydrogens is 302 g/mol. The number of anilines is 2. The van der Waals surface area contributed by atoms with Gasteiger partial charge in [0, 0.05) is 28.9 Å². The molecule has 0 radical (unpaired) electrons. The first kappa shape index (κ1) is 14.1. The molecule has 0 saturated heterocycles. The SMILES string of the molecule is O=C(O)c1ccc2c(c1)nc(Nc1ccccc1)c1cnccc12. The van der Waals surface area contributed by atoms with Crippen LogP contribution in [0.3, 0.4) is 0 Å². The van der Waals surface area contributed by atoms with E-state index in [9.17, 15) is 9.90 Å². The average molecular weight is 315 g/mol. The molecule has 0 bridgehead atoms. The Kier molecular flexibility index (Phi) is 3.31. The summed E-state index contributed by atoms with van der Waals surface area (Å²) >= 11 is 0. The van der Waals surface area contributed by atoms with E-state index in [-0.39, 0.29) is 5.56 Å². The van der Waals surface area contributed by atoms with Gasteiger partial charge >= 0.3 is 5.97 Å². The van der Waals surface area contributed by atoms with Crippen molar-refractivity contribution in [1.29, 1.82) is 0 Å². The Morgan fingerprint density at radius 3 is 2.58 bits per heavy atom. The van der Waals surface area contributed by atoms with Crippen molar-refractivity contribution >= 4 is 39.1 Å². The van der Waals surface area contributed by atoms with Crippen LogP contribution in [-0.4, -0.2) is 21.0 Å². The van der Waals surface area contributed by atoms with Gasteiger partial charge in [0.15, 0.2) is 0 Å². The topological polar surface area (TPSA) is 75.1 Å². The summed E-state index contributed by atoms with van der Waals surface area (Å²) in [5.74, 6) is -0.314. The summed E-state index contributed by atoms with van der Waals surface area (Å²) < 4.78 is 0. The molecule has 5 nitrogen and oxygen atoms in total. The number of benzene rings is 2. The normalized spacial score (nSPS) is 10.8. The van der Waals surface area contributed by atoms with Gasteiger partial charge in [-0.3, -0.25) is 4.98 Å². The van der Waals surface area contributed by atoms with Crippen molar-refractivity contribution in [3.05, 3.63) is 72.6 Å². The Morgan fingerprint density at radius 1 is 0.958 bits per heavy atom. The van der Waals surface area contributed by atoms with Crippen LogP contribution >= 0.6 is 0 Å². The Balaban J connectivity index is 1.97. The first-order valence-electron chi connectivity index (χ1n) is 7.45. The van der Waals surface area contributed by atoms with Gasteiger partial charge in [0.2, 0.25) is 0 Å². The molecule has 0 saturated carbocycles. The summed E-state index contributed by atoms with van der Waals surface area (Å²) in [6, 6.07) is 16.6. The van der Waals surface area contributed by atoms with E-state index in [2.05, 4.69) is 15.3 Å². The maximum Gasteiger partial charge on any atom is 0.335 e. The number of rotatable bonds is 3. The predicted molar refractivity (Wildman–Crippen MR) is 93.7 cm³/mol. The molecule has 0 amide bonds. The molecule has 0 spiro atoms. The second kappa shape index (κ2) is 5.62. The molecule has 0 aliphatic heterocycles. The van der Waals surface area contributed by atoms with Crippen LogP contribution in [0.2, 0.25) is 0 Å². The Bertz CT molecular complexity index is 1060. The van der Waals surface area contributed by atoms with E-state index in [1.807, 2.05) is 36.4 Å². The summed E-state index contributed by atoms with van der Waals surface area (Å²) in [7, 11) is 0. The maximum absolute atomic E-state index is 11.2. The molecule has 2 aromatic carbocycles. The quantitative estimate of drug-likeness (QED) is 0.553. The molecule has 2 N–H and O–H groups in total. The Hall–Kier alpha value is -3.47. The molecule has 2 aromatic heterocycles. The van der Waals surface area contributed by atoms with Crippen molar-refractivity contribution in [2.45, 2.75) is 0 Å². The van der Waals surface area contributed by atoms with Crippen molar-refractivity contribution in [3.63, 3.8) is 0 Å². The number of fused-ring (bicyclic) bond motifs is 3. The number of nitrogens with zero attached hydrogens (tertiary/aromatic N) is 2. The fraction of sp³-hybridized carbons (Fsp3) is 0. The third-order valence-corrected chi connectivity index (χ3v) is 3.88. The molecule has 0 unspecified atom stereocenters. The Labute approximate surface area is 137 Å². The van der Waals surface area contributed by atoms with E-state index in [1.54, 1.807) is 30.6 Å². The molecule has 116 valence electrons. The number of carbonyl (C=O) groups is 1. The first-order valence-corrected chi connectivity index (χ1v) is 7.45. The van der Waals surface area contributed by atoms with Crippen LogP contribution in [0, 0.1) is 0 Å². The predicted octanol–water partition coefficient (Wildman–Crippen LogP) is 4.22. The highest BCUT2D eigenvalue weighted by Crippen LogP contribution is 2.30. The lowest BCUT2D eigenvalue weighted by Gasteiger charge is -2.11. The summed E-state index contributed by atoms with van der Waals surface area (Å²) in [6.45, 7) is 0. The number of nitrogens with one attached hydrogen (secondary N) is 1. The van der Waals surface area contributed by atoms with Gasteiger partial charge in [-0.25, -0.2) is 9.78 Å². The molecular formula is C19H13N3O2. The van der Waals surface area contributed by atoms with Crippen molar-refractivity contribution in [2.24, 2.45) is 0 Å². The van der Waals surface area contributed by atoms with Gasteiger partial charge in [-0.1, -0.05) is 24.3 Å². The van der Waals surface area contributed by atoms with Gasteiger partial charge < -0.3 is 10.4 Å². The molecule has 4 aromatic rings. The minimum atomic E-state index is -0.967. The molecule has 5 heteroatoms. The third-order valence-electron chi connectivity index (χ3n) is 3.88. The van der Waals surface area contributed by atoms with Crippen molar-refractivity contribution in [3.8, 4) is 0 Å². The number of aromatic carboxylic acids is 1. The van der Waals surface area contributed by atoms with Crippen molar-refractivity contribution in [2.75, 3.05) is 5.32 Å². The second-order valence-electron chi connectivity index (χ2n) is 5.41. The van der Waals surface area contributed by atoms with Crippen LogP contribution in [0.5, 0.6) is 0 Å². The number of hydrogen-bond acceptors (Lipinski definition) is 4. The standard InChI is InChI=1S/C19H13N3O2/c23-19(24)12-6-7-15-14-8-9-20-11-16(14)18(22-17(15)10-12)21-13-4-2-1-3-5-13/h1-11H,(H,21,22)(H,23,24). The molecule has 4 rings (SSSR count). The van der Waals surface area contributed by atoms with E-state index in [4.69, 9.17) is 0 Å². The summed E-state index contributed by atoms with van der Waals surface area (Å²) in [6.07, 6.45) is 3.48. The summed E-state index contributed by atoms with van der Waals surface area (Å²) in [5, 5.41) is 15.3. The van der Waals surface area contributed by atoms with E-state index in [0.29, 0.717) is 11.3 Å². The zero-order valence-electron chi connectivity index (χ0n) is 12.6. The fourth-order valence-corrected chi connectivity index (χ4v) is 2.74. The number of carboxylic acid groups (broad SMARTS) is 1. The van der Waals surface area contributed by atoms with E-state index in [1.165, 1.54) is 0 Å². The summed E-state index contributed by atoms with van der Waals surface area (Å²) in [4.78, 5) is 20.1. The highest BCUT2D eigenvalue weighted by molar-refractivity contribution is 6.11. The molecule has 2 heterocycles. The van der Waals surface area contributed by atoms with Crippen LogP contribution in [0.4, 0.5) is 11.5 Å². The number of carboxylic acids is 1. The maximum atomic E-state index is 11.2. The van der Waals surface area contributed by atoms with Gasteiger partial charge in [-0.15, -0.1) is 0 Å². The van der Waals surface area contributed by atoms with Crippen LogP contribution in [0.15, 0.2) is 67.0 Å². The minimum absolute atomic E-state index is 0.217. The number of para-hydroxylation sites is 1. The lowest BCUT2D eigenvalue weighted by molar-refractivity contribution is 0.0697. The Morgan fingerprint density at radius 2 is 1.79 bits per heavy atom. The van der Waals surface area contributed by atoms with Gasteiger partial charge in [0.1, 0.15) is 5.82 Å². The first-order chi connectivity index (χ1) is 11.7. The van der Waals surface area contributed by atoms with E-state index >= 15 is 0 Å². The van der Waals surface area contributed by atoms with E-state index < -0.39 is 5.97 Å². The van der Waals surface area contributed by atoms with Crippen LogP contribution in [0.25, 0.3) is 21.7 Å². The van der Waals surface area contributed by atoms with Crippen LogP contribution in [0.1, 0.15) is 10.4 Å². The smallest absolute Gasteiger partial charge is 0.335 e. The number of pyridine rings is 2. The van der Waals surface area contributed by atoms with Gasteiger partial charge in [-0.2, -0.15) is 0 Å². The molecule has 0 fully saturated rings. The monoisotopic (exact) mass is 315 g/mol. The van der Waals surface area contributed by atoms with Crippen molar-refractivity contribution < 1.29 is 9.90 Å². The molecule has 24 heavy (non-hydrogen) atoms. The highest BCUT2D eigenvalue weighted by Gasteiger charge is 2.11. The molecule has 0 aliphatic rings. The average Bonchev–Trinajstić information content (AvgIpc) is 2.62. The van der Waals surface area contributed by atoms with Crippen molar-refractivity contribution in [1.82, 2.24) is 9.97 Å². The molecule has 0 atom stereocenters. The second-order valence-corrected chi connectivity index (χ2v) is 5.41. The number of aromatic nitrogens is 2. The van der Waals surface area contributed by atoms with Gasteiger partial charge in [0.25, 0.3) is 0 Å². The fourth-order valence-electron chi connectivity index (χ4n) is 2.74. The zero-order chi connectivity index (χ0) is 16.5. The summed E-state index contributed by atoms with van der Waals surface area (Å²) in [5.41, 5.74) is 1.75. The third kappa shape index (κ3) is 2.42. The lowest BCUT2D eigenvalue weighted by atomic mass is 10.1. The highest BCUT2D eigenvalue weighted by atomic mass is 16.4.